The molecule has 0 radical (unpaired) electrons. The van der Waals surface area contributed by atoms with Crippen LogP contribution in [0.1, 0.15) is 53.7 Å². The van der Waals surface area contributed by atoms with Gasteiger partial charge in [-0.25, -0.2) is 14.0 Å². The van der Waals surface area contributed by atoms with Crippen LogP contribution in [-0.2, 0) is 27.4 Å². The molecule has 40 heavy (non-hydrogen) atoms. The highest BCUT2D eigenvalue weighted by Crippen LogP contribution is 2.43. The predicted molar refractivity (Wildman–Crippen MR) is 146 cm³/mol. The number of esters is 1. The lowest BCUT2D eigenvalue weighted by molar-refractivity contribution is 0.0524. The smallest absolute Gasteiger partial charge is 0.410 e. The second-order valence-corrected chi connectivity index (χ2v) is 10.7. The zero-order valence-electron chi connectivity index (χ0n) is 22.6. The number of ether oxygens (including phenoxy) is 3. The van der Waals surface area contributed by atoms with Gasteiger partial charge in [0.15, 0.2) is 0 Å². The quantitative estimate of drug-likeness (QED) is 0.421. The number of halogens is 1. The molecular weight excluding hydrogens is 517 g/mol. The van der Waals surface area contributed by atoms with Crippen LogP contribution in [0.15, 0.2) is 47.4 Å². The molecule has 1 saturated carbocycles. The first kappa shape index (κ1) is 26.3. The van der Waals surface area contributed by atoms with E-state index in [0.717, 1.165) is 18.4 Å². The molecule has 2 aromatic carbocycles. The highest BCUT2D eigenvalue weighted by Gasteiger charge is 2.41. The second-order valence-electron chi connectivity index (χ2n) is 10.7. The van der Waals surface area contributed by atoms with Gasteiger partial charge in [-0.1, -0.05) is 30.3 Å². The molecule has 3 heterocycles. The van der Waals surface area contributed by atoms with Crippen LogP contribution >= 0.6 is 0 Å². The van der Waals surface area contributed by atoms with Crippen molar-refractivity contribution in [3.05, 3.63) is 75.3 Å². The maximum atomic E-state index is 16.0. The fourth-order valence-corrected chi connectivity index (χ4v) is 5.87. The van der Waals surface area contributed by atoms with E-state index in [1.54, 1.807) is 25.1 Å². The molecule has 2 atom stereocenters. The summed E-state index contributed by atoms with van der Waals surface area (Å²) in [7, 11) is 1.70. The Hall–Kier alpha value is -3.92. The molecule has 1 unspecified atom stereocenters. The summed E-state index contributed by atoms with van der Waals surface area (Å²) in [5.74, 6) is -1.26. The fourth-order valence-electron chi connectivity index (χ4n) is 5.87. The van der Waals surface area contributed by atoms with E-state index < -0.39 is 23.3 Å². The van der Waals surface area contributed by atoms with Crippen molar-refractivity contribution in [1.82, 2.24) is 9.47 Å². The van der Waals surface area contributed by atoms with Crippen molar-refractivity contribution in [2.75, 3.05) is 31.7 Å². The van der Waals surface area contributed by atoms with Gasteiger partial charge in [0.05, 0.1) is 43.1 Å². The Morgan fingerprint density at radius 2 is 1.93 bits per heavy atom. The third kappa shape index (κ3) is 4.70. The van der Waals surface area contributed by atoms with Crippen molar-refractivity contribution in [2.45, 2.75) is 57.5 Å². The van der Waals surface area contributed by atoms with Crippen LogP contribution in [0, 0.1) is 5.82 Å². The summed E-state index contributed by atoms with van der Waals surface area (Å²) in [6.07, 6.45) is 3.50. The number of amides is 1. The van der Waals surface area contributed by atoms with E-state index in [-0.39, 0.29) is 48.9 Å². The van der Waals surface area contributed by atoms with E-state index in [4.69, 9.17) is 14.2 Å². The topological polar surface area (TPSA) is 90.3 Å². The van der Waals surface area contributed by atoms with Crippen LogP contribution in [0.5, 0.6) is 0 Å². The summed E-state index contributed by atoms with van der Waals surface area (Å²) in [5, 5.41) is 0.146. The van der Waals surface area contributed by atoms with Crippen molar-refractivity contribution in [2.24, 2.45) is 0 Å². The molecule has 10 heteroatoms. The van der Waals surface area contributed by atoms with Crippen LogP contribution in [-0.4, -0.2) is 60.4 Å². The van der Waals surface area contributed by atoms with E-state index in [9.17, 15) is 14.4 Å². The molecule has 2 aliphatic heterocycles. The highest BCUT2D eigenvalue weighted by atomic mass is 19.1. The number of pyridine rings is 1. The maximum absolute atomic E-state index is 16.0. The van der Waals surface area contributed by atoms with Crippen LogP contribution < -0.4 is 10.3 Å². The number of carbonyl (C=O) groups excluding carboxylic acids is 2. The van der Waals surface area contributed by atoms with Gasteiger partial charge in [-0.2, -0.15) is 0 Å². The molecule has 0 spiro atoms. The number of nitrogens with zero attached hydrogens (tertiary/aromatic N) is 3. The average Bonchev–Trinajstić information content (AvgIpc) is 3.75. The molecule has 6 rings (SSSR count). The molecule has 9 nitrogen and oxygen atoms in total. The third-order valence-corrected chi connectivity index (χ3v) is 8.05. The second kappa shape index (κ2) is 10.6. The van der Waals surface area contributed by atoms with Crippen LogP contribution in [0.3, 0.4) is 0 Å². The fraction of sp³-hybridized carbons (Fsp3) is 0.433. The van der Waals surface area contributed by atoms with Crippen molar-refractivity contribution >= 4 is 28.7 Å². The Morgan fingerprint density at radius 1 is 1.15 bits per heavy atom. The lowest BCUT2D eigenvalue weighted by atomic mass is 10.0. The van der Waals surface area contributed by atoms with Gasteiger partial charge in [-0.15, -0.1) is 0 Å². The molecule has 3 aromatic rings. The van der Waals surface area contributed by atoms with Gasteiger partial charge in [0, 0.05) is 36.8 Å². The minimum Gasteiger partial charge on any atom is -0.462 e. The minimum atomic E-state index is -0.708. The number of hydrogen-bond acceptors (Lipinski definition) is 7. The lowest BCUT2D eigenvalue weighted by Crippen LogP contribution is -2.39. The SMILES string of the molecule is CCOC(=O)c1cn(C2CC2)c2c3c(c(F)cc2c1=O)N1CC(N(C)C(=O)OCc2ccccc2)C[C@H]1COC3. The van der Waals surface area contributed by atoms with E-state index in [2.05, 4.69) is 0 Å². The van der Waals surface area contributed by atoms with Crippen molar-refractivity contribution in [3.8, 4) is 0 Å². The number of carbonyl (C=O) groups is 2. The van der Waals surface area contributed by atoms with Crippen molar-refractivity contribution < 1.29 is 28.2 Å². The van der Waals surface area contributed by atoms with Gasteiger partial charge in [0.2, 0.25) is 5.43 Å². The van der Waals surface area contributed by atoms with Crippen LogP contribution in [0.4, 0.5) is 14.9 Å². The van der Waals surface area contributed by atoms with Crippen molar-refractivity contribution in [3.63, 3.8) is 0 Å². The molecule has 1 amide bonds. The van der Waals surface area contributed by atoms with Crippen LogP contribution in [0.2, 0.25) is 0 Å². The number of fused-ring (bicyclic) bond motifs is 5. The summed E-state index contributed by atoms with van der Waals surface area (Å²) in [6.45, 7) is 2.87. The first-order chi connectivity index (χ1) is 19.4. The zero-order chi connectivity index (χ0) is 28.0. The standard InChI is InChI=1S/C30H32FN3O6/c1-3-39-29(36)23-14-34(19-9-10-19)26-22(28(23)35)12-25(31)27-24(26)17-38-16-21-11-20(13-33(21)27)32(2)30(37)40-15-18-7-5-4-6-8-18/h4-8,12,14,19-21H,3,9-11,13,15-17H2,1-2H3/t20?,21-/m0/s1. The molecule has 0 bridgehead atoms. The number of likely N-dealkylation sites (N-methyl/N-ethyl adjacent to an activating group) is 1. The monoisotopic (exact) mass is 549 g/mol. The van der Waals surface area contributed by atoms with Gasteiger partial charge >= 0.3 is 12.1 Å². The molecule has 0 N–H and O–H groups in total. The molecule has 3 aliphatic rings. The molecule has 2 fully saturated rings. The summed E-state index contributed by atoms with van der Waals surface area (Å²) < 4.78 is 34.6. The largest absolute Gasteiger partial charge is 0.462 e. The summed E-state index contributed by atoms with van der Waals surface area (Å²) in [4.78, 5) is 42.3. The number of benzene rings is 2. The van der Waals surface area contributed by atoms with E-state index in [1.807, 2.05) is 39.8 Å². The lowest BCUT2D eigenvalue weighted by Gasteiger charge is -2.28. The normalized spacial score (nSPS) is 20.0. The van der Waals surface area contributed by atoms with Crippen LogP contribution in [0.25, 0.3) is 10.9 Å². The number of rotatable bonds is 6. The van der Waals surface area contributed by atoms with Gasteiger partial charge in [0.1, 0.15) is 18.0 Å². The Kier molecular flexibility index (Phi) is 6.95. The minimum absolute atomic E-state index is 0.0927. The Bertz CT molecular complexity index is 1520. The third-order valence-electron chi connectivity index (χ3n) is 8.05. The van der Waals surface area contributed by atoms with Gasteiger partial charge in [-0.3, -0.25) is 4.79 Å². The number of hydrogen-bond donors (Lipinski definition) is 0. The average molecular weight is 550 g/mol. The highest BCUT2D eigenvalue weighted by molar-refractivity contribution is 5.96. The molecule has 1 saturated heterocycles. The Labute approximate surface area is 231 Å². The Morgan fingerprint density at radius 3 is 2.65 bits per heavy atom. The molecular formula is C30H32FN3O6. The van der Waals surface area contributed by atoms with Gasteiger partial charge in [-0.05, 0) is 37.8 Å². The van der Waals surface area contributed by atoms with E-state index in [1.165, 1.54) is 6.07 Å². The summed E-state index contributed by atoms with van der Waals surface area (Å²) in [5.41, 5.74) is 1.83. The predicted octanol–water partition coefficient (Wildman–Crippen LogP) is 4.40. The first-order valence-electron chi connectivity index (χ1n) is 13.7. The van der Waals surface area contributed by atoms with Gasteiger partial charge in [0.25, 0.3) is 0 Å². The number of anilines is 1. The zero-order valence-corrected chi connectivity index (χ0v) is 22.6. The Balaban J connectivity index is 1.33. The summed E-state index contributed by atoms with van der Waals surface area (Å²) in [6, 6.07) is 10.5. The van der Waals surface area contributed by atoms with Gasteiger partial charge < -0.3 is 28.6 Å². The molecule has 1 aromatic heterocycles. The molecule has 210 valence electrons. The molecule has 1 aliphatic carbocycles. The first-order valence-corrected chi connectivity index (χ1v) is 13.7. The van der Waals surface area contributed by atoms with E-state index in [0.29, 0.717) is 36.3 Å². The van der Waals surface area contributed by atoms with Crippen molar-refractivity contribution in [1.29, 1.82) is 0 Å². The maximum Gasteiger partial charge on any atom is 0.410 e. The number of aromatic nitrogens is 1. The van der Waals surface area contributed by atoms with E-state index >= 15 is 4.39 Å². The summed E-state index contributed by atoms with van der Waals surface area (Å²) >= 11 is 0.